The fourth-order valence-corrected chi connectivity index (χ4v) is 2.25. The van der Waals surface area contributed by atoms with Crippen LogP contribution in [0.1, 0.15) is 13.3 Å². The van der Waals surface area contributed by atoms with Gasteiger partial charge in [-0.25, -0.2) is 13.4 Å². The van der Waals surface area contributed by atoms with Crippen molar-refractivity contribution in [1.82, 2.24) is 4.98 Å². The van der Waals surface area contributed by atoms with Crippen molar-refractivity contribution in [3.05, 3.63) is 18.3 Å². The van der Waals surface area contributed by atoms with Crippen molar-refractivity contribution in [3.63, 3.8) is 0 Å². The normalized spacial score (nSPS) is 12.8. The molecule has 1 unspecified atom stereocenters. The van der Waals surface area contributed by atoms with Crippen LogP contribution in [-0.2, 0) is 10.0 Å². The van der Waals surface area contributed by atoms with Crippen molar-refractivity contribution < 1.29 is 8.42 Å². The molecule has 0 saturated heterocycles. The topological polar surface area (TPSA) is 109 Å². The maximum Gasteiger partial charge on any atom is 0.250 e. The van der Waals surface area contributed by atoms with Crippen molar-refractivity contribution in [2.45, 2.75) is 18.6 Å². The number of nitriles is 1. The molecule has 0 amide bonds. The first-order chi connectivity index (χ1) is 7.51. The molecule has 0 aromatic carbocycles. The highest BCUT2D eigenvalue weighted by molar-refractivity contribution is 7.93. The Kier molecular flexibility index (Phi) is 3.68. The van der Waals surface area contributed by atoms with Crippen molar-refractivity contribution in [1.29, 1.82) is 5.26 Å². The number of hydrogen-bond donors (Lipinski definition) is 2. The molecule has 1 rings (SSSR count). The van der Waals surface area contributed by atoms with Gasteiger partial charge >= 0.3 is 0 Å². The minimum absolute atomic E-state index is 0.0520. The summed E-state index contributed by atoms with van der Waals surface area (Å²) in [7, 11) is -3.75. The molecule has 0 radical (unpaired) electrons. The molecule has 1 aromatic heterocycles. The van der Waals surface area contributed by atoms with E-state index in [-0.39, 0.29) is 17.9 Å². The lowest BCUT2D eigenvalue weighted by Gasteiger charge is -2.11. The summed E-state index contributed by atoms with van der Waals surface area (Å²) in [5.74, 6) is 0.0520. The SMILES string of the molecule is CCC(C#N)S(=O)(=O)Nc1ncccc1N. The Morgan fingerprint density at radius 1 is 1.69 bits per heavy atom. The van der Waals surface area contributed by atoms with Crippen LogP contribution in [0.3, 0.4) is 0 Å². The van der Waals surface area contributed by atoms with Gasteiger partial charge < -0.3 is 5.73 Å². The van der Waals surface area contributed by atoms with Crippen molar-refractivity contribution >= 4 is 21.5 Å². The van der Waals surface area contributed by atoms with Gasteiger partial charge in [0.25, 0.3) is 0 Å². The third kappa shape index (κ3) is 2.61. The summed E-state index contributed by atoms with van der Waals surface area (Å²) in [4.78, 5) is 3.79. The number of sulfonamides is 1. The summed E-state index contributed by atoms with van der Waals surface area (Å²) in [6, 6.07) is 4.83. The van der Waals surface area contributed by atoms with E-state index in [1.54, 1.807) is 19.1 Å². The second-order valence-corrected chi connectivity index (χ2v) is 4.98. The van der Waals surface area contributed by atoms with Crippen LogP contribution in [0, 0.1) is 11.3 Å². The summed E-state index contributed by atoms with van der Waals surface area (Å²) in [6.45, 7) is 1.62. The highest BCUT2D eigenvalue weighted by Crippen LogP contribution is 2.17. The predicted octanol–water partition coefficient (Wildman–Crippen LogP) is 0.708. The third-order valence-electron chi connectivity index (χ3n) is 1.97. The average molecular weight is 240 g/mol. The minimum atomic E-state index is -3.75. The molecule has 16 heavy (non-hydrogen) atoms. The lowest BCUT2D eigenvalue weighted by atomic mass is 10.4. The molecule has 0 saturated carbocycles. The lowest BCUT2D eigenvalue weighted by Crippen LogP contribution is -2.26. The molecule has 0 bridgehead atoms. The van der Waals surface area contributed by atoms with Gasteiger partial charge in [-0.05, 0) is 18.6 Å². The van der Waals surface area contributed by atoms with E-state index in [0.29, 0.717) is 0 Å². The second kappa shape index (κ2) is 4.81. The number of anilines is 2. The van der Waals surface area contributed by atoms with Crippen molar-refractivity contribution in [3.8, 4) is 6.07 Å². The van der Waals surface area contributed by atoms with Gasteiger partial charge in [0.1, 0.15) is 0 Å². The highest BCUT2D eigenvalue weighted by atomic mass is 32.2. The Bertz CT molecular complexity index is 506. The number of nitrogens with zero attached hydrogens (tertiary/aromatic N) is 2. The van der Waals surface area contributed by atoms with Gasteiger partial charge in [-0.15, -0.1) is 0 Å². The zero-order valence-corrected chi connectivity index (χ0v) is 9.53. The Labute approximate surface area is 94.2 Å². The fourth-order valence-electron chi connectivity index (χ4n) is 1.09. The van der Waals surface area contributed by atoms with Crippen LogP contribution in [0.15, 0.2) is 18.3 Å². The Balaban J connectivity index is 2.99. The number of nitrogens with one attached hydrogen (secondary N) is 1. The van der Waals surface area contributed by atoms with Crippen LogP contribution >= 0.6 is 0 Å². The van der Waals surface area contributed by atoms with Gasteiger partial charge in [-0.1, -0.05) is 6.92 Å². The number of nitrogens with two attached hydrogens (primary N) is 1. The van der Waals surface area contributed by atoms with E-state index >= 15 is 0 Å². The summed E-state index contributed by atoms with van der Waals surface area (Å²) in [5, 5.41) is 7.59. The molecule has 0 aliphatic heterocycles. The number of nitrogen functional groups attached to an aromatic ring is 1. The molecule has 6 nitrogen and oxygen atoms in total. The van der Waals surface area contributed by atoms with E-state index in [1.165, 1.54) is 12.3 Å². The highest BCUT2D eigenvalue weighted by Gasteiger charge is 2.24. The Hall–Kier alpha value is -1.81. The van der Waals surface area contributed by atoms with E-state index in [2.05, 4.69) is 9.71 Å². The van der Waals surface area contributed by atoms with Crippen LogP contribution < -0.4 is 10.5 Å². The minimum Gasteiger partial charge on any atom is -0.396 e. The van der Waals surface area contributed by atoms with Gasteiger partial charge in [0.05, 0.1) is 11.8 Å². The van der Waals surface area contributed by atoms with Gasteiger partial charge in [0.15, 0.2) is 11.1 Å². The molecule has 1 aromatic rings. The molecule has 0 aliphatic carbocycles. The van der Waals surface area contributed by atoms with E-state index in [0.717, 1.165) is 0 Å². The van der Waals surface area contributed by atoms with Gasteiger partial charge in [0, 0.05) is 6.20 Å². The first kappa shape index (κ1) is 12.3. The number of pyridine rings is 1. The standard InChI is InChI=1S/C9H12N4O2S/c1-2-7(6-10)16(14,15)13-9-8(11)4-3-5-12-9/h3-5,7H,2,11H2,1H3,(H,12,13). The fraction of sp³-hybridized carbons (Fsp3) is 0.333. The summed E-state index contributed by atoms with van der Waals surface area (Å²) in [6.07, 6.45) is 1.63. The molecule has 7 heteroatoms. The zero-order chi connectivity index (χ0) is 12.2. The summed E-state index contributed by atoms with van der Waals surface area (Å²) in [5.41, 5.74) is 5.76. The Morgan fingerprint density at radius 2 is 2.38 bits per heavy atom. The van der Waals surface area contributed by atoms with Crippen LogP contribution in [-0.4, -0.2) is 18.7 Å². The van der Waals surface area contributed by atoms with Crippen molar-refractivity contribution in [2.24, 2.45) is 0 Å². The largest absolute Gasteiger partial charge is 0.396 e. The molecule has 0 spiro atoms. The maximum absolute atomic E-state index is 11.7. The van der Waals surface area contributed by atoms with E-state index in [1.807, 2.05) is 0 Å². The zero-order valence-electron chi connectivity index (χ0n) is 8.71. The average Bonchev–Trinajstić information content (AvgIpc) is 2.22. The third-order valence-corrected chi connectivity index (χ3v) is 3.63. The first-order valence-corrected chi connectivity index (χ1v) is 6.17. The molecule has 1 heterocycles. The van der Waals surface area contributed by atoms with Crippen molar-refractivity contribution in [2.75, 3.05) is 10.5 Å². The summed E-state index contributed by atoms with van der Waals surface area (Å²) < 4.78 is 25.6. The van der Waals surface area contributed by atoms with E-state index in [9.17, 15) is 8.42 Å². The van der Waals surface area contributed by atoms with Gasteiger partial charge in [-0.2, -0.15) is 5.26 Å². The quantitative estimate of drug-likeness (QED) is 0.805. The lowest BCUT2D eigenvalue weighted by molar-refractivity contribution is 0.592. The smallest absolute Gasteiger partial charge is 0.250 e. The van der Waals surface area contributed by atoms with Crippen LogP contribution in [0.5, 0.6) is 0 Å². The monoisotopic (exact) mass is 240 g/mol. The van der Waals surface area contributed by atoms with Crippen LogP contribution in [0.2, 0.25) is 0 Å². The molecule has 86 valence electrons. The summed E-state index contributed by atoms with van der Waals surface area (Å²) >= 11 is 0. The number of hydrogen-bond acceptors (Lipinski definition) is 5. The van der Waals surface area contributed by atoms with Crippen LogP contribution in [0.25, 0.3) is 0 Å². The Morgan fingerprint density at radius 3 is 2.88 bits per heavy atom. The molecule has 0 fully saturated rings. The van der Waals surface area contributed by atoms with E-state index in [4.69, 9.17) is 11.0 Å². The number of aromatic nitrogens is 1. The maximum atomic E-state index is 11.7. The second-order valence-electron chi connectivity index (χ2n) is 3.11. The van der Waals surface area contributed by atoms with Gasteiger partial charge in [0.2, 0.25) is 10.0 Å². The van der Waals surface area contributed by atoms with Crippen LogP contribution in [0.4, 0.5) is 11.5 Å². The van der Waals surface area contributed by atoms with E-state index < -0.39 is 15.3 Å². The molecular weight excluding hydrogens is 228 g/mol. The number of rotatable bonds is 4. The predicted molar refractivity (Wildman–Crippen MR) is 60.9 cm³/mol. The molecule has 3 N–H and O–H groups in total. The first-order valence-electron chi connectivity index (χ1n) is 4.63. The molecular formula is C9H12N4O2S. The van der Waals surface area contributed by atoms with Gasteiger partial charge in [-0.3, -0.25) is 4.72 Å². The molecule has 0 aliphatic rings. The molecule has 1 atom stereocenters.